The second-order valence-corrected chi connectivity index (χ2v) is 14.4. The number of nitrogens with one attached hydrogen (secondary N) is 1. The number of halogens is 2. The molecule has 2 aliphatic heterocycles. The van der Waals surface area contributed by atoms with E-state index >= 15 is 4.79 Å². The number of anilines is 2. The van der Waals surface area contributed by atoms with Crippen LogP contribution in [-0.4, -0.2) is 46.6 Å². The summed E-state index contributed by atoms with van der Waals surface area (Å²) in [5, 5.41) is 12.5. The summed E-state index contributed by atoms with van der Waals surface area (Å²) in [6, 6.07) is 23.1. The van der Waals surface area contributed by atoms with Crippen LogP contribution >= 0.6 is 11.6 Å². The predicted molar refractivity (Wildman–Crippen MR) is 193 cm³/mol. The maximum atomic E-state index is 15.2. The third kappa shape index (κ3) is 5.16. The average molecular weight is 734 g/mol. The molecule has 53 heavy (non-hydrogen) atoms. The largest absolute Gasteiger partial charge is 0.504 e. The van der Waals surface area contributed by atoms with Crippen LogP contribution in [0.2, 0.25) is 5.02 Å². The number of aromatic hydroxyl groups is 1. The van der Waals surface area contributed by atoms with Crippen molar-refractivity contribution in [2.45, 2.75) is 31.1 Å². The second kappa shape index (κ2) is 12.7. The zero-order valence-corrected chi connectivity index (χ0v) is 29.3. The van der Waals surface area contributed by atoms with Gasteiger partial charge in [-0.1, -0.05) is 41.4 Å². The minimum Gasteiger partial charge on any atom is -0.504 e. The quantitative estimate of drug-likeness (QED) is 0.124. The number of allylic oxidation sites excluding steroid dienone is 2. The summed E-state index contributed by atoms with van der Waals surface area (Å²) in [6.07, 6.45) is 2.16. The number of benzene rings is 4. The monoisotopic (exact) mass is 733 g/mol. The lowest BCUT2D eigenvalue weighted by atomic mass is 9.49. The predicted octanol–water partition coefficient (Wildman–Crippen LogP) is 6.59. The number of hydrazine groups is 1. The number of Topliss-reactive ketones (excluding diaryl/α,β-unsaturated/α-hetero) is 1. The van der Waals surface area contributed by atoms with Crippen LogP contribution in [0.4, 0.5) is 15.8 Å². The van der Waals surface area contributed by atoms with E-state index in [1.54, 1.807) is 60.7 Å². The molecule has 0 radical (unpaired) electrons. The number of imide groups is 2. The van der Waals surface area contributed by atoms with Crippen LogP contribution in [0, 0.1) is 29.5 Å². The number of methoxy groups -OCH3 is 1. The lowest BCUT2D eigenvalue weighted by Gasteiger charge is -2.50. The molecule has 4 amide bonds. The van der Waals surface area contributed by atoms with Gasteiger partial charge in [-0.05, 0) is 110 Å². The highest BCUT2D eigenvalue weighted by Gasteiger charge is 2.70. The zero-order valence-electron chi connectivity index (χ0n) is 28.6. The average Bonchev–Trinajstić information content (AvgIpc) is 3.53. The van der Waals surface area contributed by atoms with E-state index in [4.69, 9.17) is 16.3 Å². The number of ketones is 1. The van der Waals surface area contributed by atoms with E-state index in [1.807, 2.05) is 6.08 Å². The van der Waals surface area contributed by atoms with Crippen LogP contribution in [-0.2, 0) is 24.6 Å². The first-order valence-electron chi connectivity index (χ1n) is 17.2. The standard InChI is InChI=1S/C41H33ClFN3O7/c1-21(47)22-3-14-28(15-4-22)45-37(49)30-17-16-29-31(35(30)39(45)51)20-32-38(50)46(44-27-12-10-26(43)11-13-27)40(52)41(32,24-6-8-25(42)9-7-24)36(29)23-5-18-34(53-2)33(48)19-23/h3-16,18-19,30-32,35-36,44,48H,17,20H2,1-2H3/t30-,31+,32-,35-,36-,41+/m0/s1. The van der Waals surface area contributed by atoms with Gasteiger partial charge >= 0.3 is 0 Å². The number of carbonyl (C=O) groups is 5. The summed E-state index contributed by atoms with van der Waals surface area (Å²) in [5.74, 6) is -6.76. The van der Waals surface area contributed by atoms with Gasteiger partial charge in [-0.3, -0.25) is 34.3 Å². The molecule has 2 aliphatic carbocycles. The Balaban J connectivity index is 1.31. The van der Waals surface area contributed by atoms with Gasteiger partial charge in [0.05, 0.1) is 41.7 Å². The molecule has 2 saturated heterocycles. The number of carbonyl (C=O) groups excluding carboxylic acids is 5. The summed E-state index contributed by atoms with van der Waals surface area (Å²) in [7, 11) is 1.42. The maximum Gasteiger partial charge on any atom is 0.260 e. The molecule has 0 bridgehead atoms. The van der Waals surface area contributed by atoms with Gasteiger partial charge in [-0.2, -0.15) is 5.01 Å². The molecule has 0 unspecified atom stereocenters. The number of rotatable bonds is 7. The molecule has 6 atom stereocenters. The van der Waals surface area contributed by atoms with Crippen LogP contribution < -0.4 is 15.1 Å². The Morgan fingerprint density at radius 2 is 1.60 bits per heavy atom. The summed E-state index contributed by atoms with van der Waals surface area (Å²) >= 11 is 6.35. The number of ether oxygens (including phenoxy) is 1. The van der Waals surface area contributed by atoms with Gasteiger partial charge in [0, 0.05) is 16.5 Å². The number of hydrogen-bond donors (Lipinski definition) is 2. The molecule has 2 N–H and O–H groups in total. The second-order valence-electron chi connectivity index (χ2n) is 13.9. The Bertz CT molecular complexity index is 2240. The fraction of sp³-hybridized carbons (Fsp3) is 0.244. The smallest absolute Gasteiger partial charge is 0.260 e. The molecule has 4 aliphatic rings. The Morgan fingerprint density at radius 3 is 2.25 bits per heavy atom. The Morgan fingerprint density at radius 1 is 0.906 bits per heavy atom. The molecule has 0 aromatic heterocycles. The van der Waals surface area contributed by atoms with Gasteiger partial charge in [0.1, 0.15) is 5.82 Å². The maximum absolute atomic E-state index is 15.2. The molecule has 3 fully saturated rings. The van der Waals surface area contributed by atoms with E-state index in [2.05, 4.69) is 5.43 Å². The van der Waals surface area contributed by atoms with Crippen molar-refractivity contribution in [3.05, 3.63) is 130 Å². The van der Waals surface area contributed by atoms with Crippen LogP contribution in [0.15, 0.2) is 103 Å². The van der Waals surface area contributed by atoms with Crippen molar-refractivity contribution in [3.8, 4) is 11.5 Å². The summed E-state index contributed by atoms with van der Waals surface area (Å²) < 4.78 is 19.2. The lowest BCUT2D eigenvalue weighted by molar-refractivity contribution is -0.138. The number of amides is 4. The van der Waals surface area contributed by atoms with E-state index in [0.717, 1.165) is 9.91 Å². The van der Waals surface area contributed by atoms with Crippen molar-refractivity contribution in [1.29, 1.82) is 0 Å². The Kier molecular flexibility index (Phi) is 8.21. The van der Waals surface area contributed by atoms with E-state index in [-0.39, 0.29) is 36.0 Å². The zero-order chi connectivity index (χ0) is 37.3. The molecule has 12 heteroatoms. The van der Waals surface area contributed by atoms with Crippen molar-refractivity contribution in [2.24, 2.45) is 23.7 Å². The molecular formula is C41H33ClFN3O7. The third-order valence-electron chi connectivity index (χ3n) is 11.3. The normalized spacial score (nSPS) is 26.2. The lowest BCUT2D eigenvalue weighted by Crippen LogP contribution is -2.53. The van der Waals surface area contributed by atoms with E-state index in [1.165, 1.54) is 44.4 Å². The summed E-state index contributed by atoms with van der Waals surface area (Å²) in [6.45, 7) is 1.43. The molecule has 2 heterocycles. The highest BCUT2D eigenvalue weighted by molar-refractivity contribution is 6.30. The number of nitrogens with zero attached hydrogens (tertiary/aromatic N) is 2. The molecule has 268 valence electrons. The number of phenolic OH excluding ortho intramolecular Hbond substituents is 1. The SMILES string of the molecule is COc1ccc([C@H]2C3=CC[C@@H]4C(=O)N(c5ccc(C(C)=O)cc5)C(=O)[C@@H]4[C@@H]3C[C@H]3C(=O)N(Nc4ccc(F)cc4)C(=O)[C@@]23c2ccc(Cl)cc2)cc1O. The molecule has 4 aromatic rings. The van der Waals surface area contributed by atoms with Gasteiger partial charge in [0.2, 0.25) is 11.8 Å². The molecule has 0 spiro atoms. The third-order valence-corrected chi connectivity index (χ3v) is 11.6. The highest BCUT2D eigenvalue weighted by Crippen LogP contribution is 2.64. The molecular weight excluding hydrogens is 701 g/mol. The number of hydrogen-bond acceptors (Lipinski definition) is 8. The van der Waals surface area contributed by atoms with E-state index < -0.39 is 58.5 Å². The molecule has 8 rings (SSSR count). The van der Waals surface area contributed by atoms with Gasteiger partial charge in [0.15, 0.2) is 17.3 Å². The molecule has 1 saturated carbocycles. The van der Waals surface area contributed by atoms with Crippen LogP contribution in [0.1, 0.15) is 47.2 Å². The van der Waals surface area contributed by atoms with Crippen LogP contribution in [0.5, 0.6) is 11.5 Å². The fourth-order valence-electron chi connectivity index (χ4n) is 9.02. The molecule has 10 nitrogen and oxygen atoms in total. The van der Waals surface area contributed by atoms with Crippen molar-refractivity contribution in [1.82, 2.24) is 5.01 Å². The number of phenols is 1. The highest BCUT2D eigenvalue weighted by atomic mass is 35.5. The first kappa shape index (κ1) is 34.3. The van der Waals surface area contributed by atoms with Crippen LogP contribution in [0.25, 0.3) is 0 Å². The number of fused-ring (bicyclic) bond motifs is 4. The van der Waals surface area contributed by atoms with Gasteiger partial charge in [-0.15, -0.1) is 0 Å². The fourth-order valence-corrected chi connectivity index (χ4v) is 9.14. The Labute approximate surface area is 308 Å². The van der Waals surface area contributed by atoms with Crippen molar-refractivity contribution < 1.29 is 38.2 Å². The molecule has 4 aromatic carbocycles. The van der Waals surface area contributed by atoms with Crippen molar-refractivity contribution >= 4 is 52.4 Å². The van der Waals surface area contributed by atoms with E-state index in [9.17, 15) is 28.7 Å². The minimum absolute atomic E-state index is 0.0522. The summed E-state index contributed by atoms with van der Waals surface area (Å²) in [4.78, 5) is 71.6. The first-order valence-corrected chi connectivity index (χ1v) is 17.6. The Hall–Kier alpha value is -5.81. The van der Waals surface area contributed by atoms with Gasteiger partial charge in [-0.25, -0.2) is 4.39 Å². The topological polar surface area (TPSA) is 133 Å². The summed E-state index contributed by atoms with van der Waals surface area (Å²) in [5.41, 5.74) is 4.09. The van der Waals surface area contributed by atoms with Crippen molar-refractivity contribution in [2.75, 3.05) is 17.4 Å². The van der Waals surface area contributed by atoms with Gasteiger partial charge < -0.3 is 9.84 Å². The first-order chi connectivity index (χ1) is 25.4. The van der Waals surface area contributed by atoms with Crippen LogP contribution in [0.3, 0.4) is 0 Å². The van der Waals surface area contributed by atoms with Crippen molar-refractivity contribution in [3.63, 3.8) is 0 Å². The van der Waals surface area contributed by atoms with E-state index in [0.29, 0.717) is 38.7 Å². The van der Waals surface area contributed by atoms with Gasteiger partial charge in [0.25, 0.3) is 11.8 Å². The minimum atomic E-state index is -1.60.